The number of hydrogen-bond donors (Lipinski definition) is 3. The molecule has 33 heavy (non-hydrogen) atoms. The molecule has 174 valence electrons. The zero-order valence-corrected chi connectivity index (χ0v) is 19.3. The highest BCUT2D eigenvalue weighted by Gasteiger charge is 2.28. The molecule has 9 heteroatoms. The van der Waals surface area contributed by atoms with Crippen molar-refractivity contribution >= 4 is 35.0 Å². The van der Waals surface area contributed by atoms with Gasteiger partial charge in [0, 0.05) is 18.8 Å². The molecule has 3 N–H and O–H groups in total. The lowest BCUT2D eigenvalue weighted by Gasteiger charge is -2.26. The third-order valence-corrected chi connectivity index (χ3v) is 5.20. The number of carbonyl (C=O) groups excluding carboxylic acids is 2. The average molecular weight is 452 g/mol. The van der Waals surface area contributed by atoms with Gasteiger partial charge in [-0.3, -0.25) is 4.79 Å². The third-order valence-electron chi connectivity index (χ3n) is 5.20. The first-order chi connectivity index (χ1) is 15.7. The summed E-state index contributed by atoms with van der Waals surface area (Å²) in [6.45, 7) is 8.59. The summed E-state index contributed by atoms with van der Waals surface area (Å²) in [7, 11) is 0. The fourth-order valence-electron chi connectivity index (χ4n) is 3.77. The van der Waals surface area contributed by atoms with Gasteiger partial charge in [-0.05, 0) is 63.4 Å². The van der Waals surface area contributed by atoms with Gasteiger partial charge in [-0.2, -0.15) is 4.99 Å². The van der Waals surface area contributed by atoms with Crippen LogP contribution < -0.4 is 16.0 Å². The Bertz CT molecular complexity index is 1110. The molecule has 0 spiro atoms. The minimum absolute atomic E-state index is 0.155. The summed E-state index contributed by atoms with van der Waals surface area (Å²) < 4.78 is 10.8. The van der Waals surface area contributed by atoms with E-state index in [2.05, 4.69) is 20.9 Å². The zero-order valence-electron chi connectivity index (χ0n) is 19.3. The molecule has 0 bridgehead atoms. The Morgan fingerprint density at radius 3 is 2.88 bits per heavy atom. The first-order valence-electron chi connectivity index (χ1n) is 11.0. The molecular formula is C24H29N5O4. The highest BCUT2D eigenvalue weighted by atomic mass is 16.6. The molecule has 2 aromatic rings. The number of aryl methyl sites for hydroxylation is 1. The second-order valence-electron chi connectivity index (χ2n) is 9.19. The number of nitrogens with one attached hydrogen (secondary N) is 3. The van der Waals surface area contributed by atoms with Crippen LogP contribution in [0.4, 0.5) is 22.1 Å². The van der Waals surface area contributed by atoms with Crippen LogP contribution in [0.1, 0.15) is 48.7 Å². The SMILES string of the molecule is Cc1cccc(Nc2nc(N[C@@H]3CCOC/C3=N\C(=O)OC(C)(C)C)cc3c2C(=O)NC3)c1. The molecule has 0 unspecified atom stereocenters. The molecule has 1 aromatic heterocycles. The van der Waals surface area contributed by atoms with Crippen LogP contribution in [0.25, 0.3) is 0 Å². The van der Waals surface area contributed by atoms with Crippen LogP contribution in [0.3, 0.4) is 0 Å². The molecular weight excluding hydrogens is 422 g/mol. The number of fused-ring (bicyclic) bond motifs is 1. The average Bonchev–Trinajstić information content (AvgIpc) is 3.09. The van der Waals surface area contributed by atoms with Crippen molar-refractivity contribution in [2.45, 2.75) is 52.3 Å². The van der Waals surface area contributed by atoms with Gasteiger partial charge in [0.05, 0.1) is 23.9 Å². The fourth-order valence-corrected chi connectivity index (χ4v) is 3.77. The van der Waals surface area contributed by atoms with Crippen LogP contribution in [0.2, 0.25) is 0 Å². The Hall–Kier alpha value is -3.46. The van der Waals surface area contributed by atoms with Crippen LogP contribution >= 0.6 is 0 Å². The summed E-state index contributed by atoms with van der Waals surface area (Å²) in [5.41, 5.74) is 3.26. The van der Waals surface area contributed by atoms with Crippen molar-refractivity contribution in [1.82, 2.24) is 10.3 Å². The highest BCUT2D eigenvalue weighted by Crippen LogP contribution is 2.29. The lowest BCUT2D eigenvalue weighted by molar-refractivity contribution is 0.0598. The number of benzene rings is 1. The Morgan fingerprint density at radius 1 is 1.30 bits per heavy atom. The number of aromatic nitrogens is 1. The molecule has 0 saturated carbocycles. The molecule has 0 aliphatic carbocycles. The van der Waals surface area contributed by atoms with Gasteiger partial charge in [0.1, 0.15) is 17.2 Å². The van der Waals surface area contributed by atoms with Crippen molar-refractivity contribution < 1.29 is 19.1 Å². The molecule has 2 amide bonds. The van der Waals surface area contributed by atoms with E-state index in [9.17, 15) is 9.59 Å². The lowest BCUT2D eigenvalue weighted by atomic mass is 10.1. The third kappa shape index (κ3) is 5.67. The van der Waals surface area contributed by atoms with Crippen LogP contribution in [0.5, 0.6) is 0 Å². The summed E-state index contributed by atoms with van der Waals surface area (Å²) in [6.07, 6.45) is -0.0218. The van der Waals surface area contributed by atoms with Crippen molar-refractivity contribution in [2.24, 2.45) is 4.99 Å². The van der Waals surface area contributed by atoms with E-state index in [-0.39, 0.29) is 18.6 Å². The molecule has 2 aliphatic heterocycles. The minimum atomic E-state index is -0.645. The van der Waals surface area contributed by atoms with E-state index in [1.54, 1.807) is 20.8 Å². The van der Waals surface area contributed by atoms with Crippen molar-refractivity contribution in [3.63, 3.8) is 0 Å². The van der Waals surface area contributed by atoms with Crippen LogP contribution in [0.15, 0.2) is 35.3 Å². The van der Waals surface area contributed by atoms with Crippen molar-refractivity contribution in [2.75, 3.05) is 23.8 Å². The normalized spacial score (nSPS) is 19.1. The number of carbonyl (C=O) groups is 2. The van der Waals surface area contributed by atoms with Gasteiger partial charge in [-0.1, -0.05) is 12.1 Å². The van der Waals surface area contributed by atoms with Gasteiger partial charge < -0.3 is 25.4 Å². The van der Waals surface area contributed by atoms with E-state index in [0.717, 1.165) is 16.8 Å². The zero-order chi connectivity index (χ0) is 23.6. The number of amides is 2. The summed E-state index contributed by atoms with van der Waals surface area (Å²) in [5.74, 6) is 0.912. The molecule has 1 saturated heterocycles. The quantitative estimate of drug-likeness (QED) is 0.645. The molecule has 4 rings (SSSR count). The molecule has 2 aliphatic rings. The summed E-state index contributed by atoms with van der Waals surface area (Å²) in [4.78, 5) is 33.5. The second-order valence-corrected chi connectivity index (χ2v) is 9.19. The van der Waals surface area contributed by atoms with E-state index in [0.29, 0.717) is 42.5 Å². The Kier molecular flexibility index (Phi) is 6.33. The number of ether oxygens (including phenoxy) is 2. The van der Waals surface area contributed by atoms with E-state index < -0.39 is 11.7 Å². The van der Waals surface area contributed by atoms with E-state index in [1.807, 2.05) is 37.3 Å². The molecule has 1 aromatic carbocycles. The molecule has 1 fully saturated rings. The Balaban J connectivity index is 1.60. The van der Waals surface area contributed by atoms with E-state index in [4.69, 9.17) is 14.5 Å². The van der Waals surface area contributed by atoms with Gasteiger partial charge in [0.2, 0.25) is 0 Å². The number of anilines is 3. The molecule has 0 radical (unpaired) electrons. The monoisotopic (exact) mass is 451 g/mol. The van der Waals surface area contributed by atoms with E-state index >= 15 is 0 Å². The fraction of sp³-hybridized carbons (Fsp3) is 0.417. The Morgan fingerprint density at radius 2 is 2.12 bits per heavy atom. The molecule has 3 heterocycles. The maximum absolute atomic E-state index is 12.4. The van der Waals surface area contributed by atoms with Crippen molar-refractivity contribution in [1.29, 1.82) is 0 Å². The molecule has 1 atom stereocenters. The molecule has 9 nitrogen and oxygen atoms in total. The Labute approximate surface area is 193 Å². The summed E-state index contributed by atoms with van der Waals surface area (Å²) >= 11 is 0. The van der Waals surface area contributed by atoms with E-state index in [1.165, 1.54) is 0 Å². The number of aliphatic imine (C=N–C) groups is 1. The first kappa shape index (κ1) is 22.7. The van der Waals surface area contributed by atoms with Gasteiger partial charge in [0.15, 0.2) is 0 Å². The summed E-state index contributed by atoms with van der Waals surface area (Å²) in [6, 6.07) is 9.48. The van der Waals surface area contributed by atoms with Gasteiger partial charge in [-0.25, -0.2) is 9.78 Å². The largest absolute Gasteiger partial charge is 0.442 e. The number of rotatable bonds is 4. The minimum Gasteiger partial charge on any atom is -0.442 e. The number of pyridine rings is 1. The van der Waals surface area contributed by atoms with Crippen LogP contribution in [-0.4, -0.2) is 47.6 Å². The van der Waals surface area contributed by atoms with Crippen molar-refractivity contribution in [3.8, 4) is 0 Å². The van der Waals surface area contributed by atoms with Crippen LogP contribution in [-0.2, 0) is 16.0 Å². The number of hydrogen-bond acceptors (Lipinski definition) is 7. The topological polar surface area (TPSA) is 114 Å². The van der Waals surface area contributed by atoms with Crippen molar-refractivity contribution in [3.05, 3.63) is 47.0 Å². The number of nitrogens with zero attached hydrogens (tertiary/aromatic N) is 2. The summed E-state index contributed by atoms with van der Waals surface area (Å²) in [5, 5.41) is 9.51. The predicted molar refractivity (Wildman–Crippen MR) is 126 cm³/mol. The second kappa shape index (κ2) is 9.19. The van der Waals surface area contributed by atoms with Crippen LogP contribution in [0, 0.1) is 6.92 Å². The first-order valence-corrected chi connectivity index (χ1v) is 11.0. The highest BCUT2D eigenvalue weighted by molar-refractivity contribution is 6.04. The standard InChI is InChI=1S/C24H29N5O4/c1-14-6-5-7-16(10-14)26-21-20-15(12-25-22(20)30)11-19(29-21)27-17-8-9-32-13-18(17)28-23(31)33-24(2,3)4/h5-7,10-11,17H,8-9,12-13H2,1-4H3,(H,25,30)(H2,26,27,29)/b28-18+/t17-/m1/s1. The van der Waals surface area contributed by atoms with Gasteiger partial charge in [0.25, 0.3) is 5.91 Å². The lowest BCUT2D eigenvalue weighted by Crippen LogP contribution is -2.39. The predicted octanol–water partition coefficient (Wildman–Crippen LogP) is 3.95. The smallest absolute Gasteiger partial charge is 0.434 e. The maximum atomic E-state index is 12.4. The van der Waals surface area contributed by atoms with Gasteiger partial charge >= 0.3 is 6.09 Å². The van der Waals surface area contributed by atoms with Gasteiger partial charge in [-0.15, -0.1) is 0 Å². The maximum Gasteiger partial charge on any atom is 0.434 e.